The van der Waals surface area contributed by atoms with Crippen molar-refractivity contribution in [2.45, 2.75) is 96.8 Å². The molecule has 0 aromatic rings. The second-order valence-electron chi connectivity index (χ2n) is 11.6. The van der Waals surface area contributed by atoms with Crippen molar-refractivity contribution in [2.24, 2.45) is 34.5 Å². The van der Waals surface area contributed by atoms with Gasteiger partial charge in [-0.2, -0.15) is 11.8 Å². The third-order valence-corrected chi connectivity index (χ3v) is 11.1. The minimum absolute atomic E-state index is 0.343. The van der Waals surface area contributed by atoms with Gasteiger partial charge in [0.15, 0.2) is 0 Å². The Morgan fingerprint density at radius 2 is 1.83 bits per heavy atom. The summed E-state index contributed by atoms with van der Waals surface area (Å²) in [5, 5.41) is 0.730. The van der Waals surface area contributed by atoms with Crippen LogP contribution in [0.3, 0.4) is 0 Å². The highest BCUT2D eigenvalue weighted by Gasteiger charge is 2.60. The van der Waals surface area contributed by atoms with E-state index in [1.165, 1.54) is 50.7 Å². The first-order chi connectivity index (χ1) is 14.3. The molecular weight excluding hydrogens is 390 g/mol. The maximum Gasteiger partial charge on any atom is 0.222 e. The highest BCUT2D eigenvalue weighted by Crippen LogP contribution is 2.66. The second kappa shape index (κ2) is 8.96. The normalized spacial score (nSPS) is 43.5. The van der Waals surface area contributed by atoms with Gasteiger partial charge in [-0.15, -0.1) is 0 Å². The number of carbonyl (C=O) groups excluding carboxylic acids is 1. The predicted octanol–water partition coefficient (Wildman–Crippen LogP) is 6.01. The summed E-state index contributed by atoms with van der Waals surface area (Å²) < 4.78 is 6.22. The third kappa shape index (κ3) is 3.98. The van der Waals surface area contributed by atoms with Gasteiger partial charge in [0.05, 0.1) is 0 Å². The molecule has 3 aliphatic carbocycles. The van der Waals surface area contributed by atoms with E-state index in [1.807, 2.05) is 11.8 Å². The van der Waals surface area contributed by atoms with Gasteiger partial charge in [-0.1, -0.05) is 27.7 Å². The standard InChI is InChI=1S/C26H45NO2S/c1-18(2)30-16-6-15-29-17-19-7-9-21-20-8-10-23-26(4,14-12-24(28)27(23)5)22(20)11-13-25(19,21)3/h18-23H,6-17H2,1-5H3/t19?,20-,21-,22+,23?,25+,26+/m0/s1. The van der Waals surface area contributed by atoms with Crippen LogP contribution in [0.4, 0.5) is 0 Å². The van der Waals surface area contributed by atoms with Crippen LogP contribution >= 0.6 is 11.8 Å². The number of hydrogen-bond donors (Lipinski definition) is 0. The monoisotopic (exact) mass is 435 g/mol. The summed E-state index contributed by atoms with van der Waals surface area (Å²) in [6.07, 6.45) is 11.1. The van der Waals surface area contributed by atoms with Crippen molar-refractivity contribution in [3.63, 3.8) is 0 Å². The summed E-state index contributed by atoms with van der Waals surface area (Å²) in [5.74, 6) is 4.92. The third-order valence-electron chi connectivity index (χ3n) is 9.96. The number of fused-ring (bicyclic) bond motifs is 5. The summed E-state index contributed by atoms with van der Waals surface area (Å²) in [6, 6.07) is 0.480. The summed E-state index contributed by atoms with van der Waals surface area (Å²) >= 11 is 2.05. The number of amides is 1. The van der Waals surface area contributed by atoms with Crippen LogP contribution in [0, 0.1) is 34.5 Å². The zero-order chi connectivity index (χ0) is 21.5. The first-order valence-corrected chi connectivity index (χ1v) is 13.8. The fraction of sp³-hybridized carbons (Fsp3) is 0.962. The smallest absolute Gasteiger partial charge is 0.222 e. The van der Waals surface area contributed by atoms with Crippen LogP contribution in [0.5, 0.6) is 0 Å². The van der Waals surface area contributed by atoms with Crippen LogP contribution in [-0.4, -0.2) is 48.1 Å². The summed E-state index contributed by atoms with van der Waals surface area (Å²) in [7, 11) is 2.07. The molecule has 0 aromatic heterocycles. The lowest BCUT2D eigenvalue weighted by Gasteiger charge is -2.61. The minimum Gasteiger partial charge on any atom is -0.381 e. The molecule has 1 amide bonds. The number of piperidine rings is 1. The van der Waals surface area contributed by atoms with Gasteiger partial charge in [-0.25, -0.2) is 0 Å². The van der Waals surface area contributed by atoms with E-state index in [9.17, 15) is 4.79 Å². The number of carbonyl (C=O) groups is 1. The largest absolute Gasteiger partial charge is 0.381 e. The highest BCUT2D eigenvalue weighted by molar-refractivity contribution is 7.99. The first-order valence-electron chi connectivity index (χ1n) is 12.7. The maximum absolute atomic E-state index is 12.3. The molecule has 30 heavy (non-hydrogen) atoms. The van der Waals surface area contributed by atoms with Crippen molar-refractivity contribution in [1.82, 2.24) is 4.90 Å². The van der Waals surface area contributed by atoms with Gasteiger partial charge in [0.1, 0.15) is 0 Å². The lowest BCUT2D eigenvalue weighted by Crippen LogP contribution is -2.61. The molecular formula is C26H45NO2S. The van der Waals surface area contributed by atoms with Crippen LogP contribution in [0.2, 0.25) is 0 Å². The van der Waals surface area contributed by atoms with Crippen LogP contribution in [0.25, 0.3) is 0 Å². The van der Waals surface area contributed by atoms with E-state index in [4.69, 9.17) is 4.74 Å². The number of nitrogens with zero attached hydrogens (tertiary/aromatic N) is 1. The summed E-state index contributed by atoms with van der Waals surface area (Å²) in [5.41, 5.74) is 0.822. The molecule has 172 valence electrons. The van der Waals surface area contributed by atoms with E-state index in [0.29, 0.717) is 22.8 Å². The molecule has 0 bridgehead atoms. The zero-order valence-corrected chi connectivity index (χ0v) is 20.9. The van der Waals surface area contributed by atoms with E-state index in [-0.39, 0.29) is 0 Å². The van der Waals surface area contributed by atoms with E-state index >= 15 is 0 Å². The second-order valence-corrected chi connectivity index (χ2v) is 13.3. The van der Waals surface area contributed by atoms with Crippen molar-refractivity contribution in [1.29, 1.82) is 0 Å². The van der Waals surface area contributed by atoms with Crippen molar-refractivity contribution in [2.75, 3.05) is 26.0 Å². The first kappa shape index (κ1) is 23.0. The lowest BCUT2D eigenvalue weighted by molar-refractivity contribution is -0.159. The molecule has 4 aliphatic rings. The quantitative estimate of drug-likeness (QED) is 0.458. The average Bonchev–Trinajstić information content (AvgIpc) is 3.04. The molecule has 4 fully saturated rings. The van der Waals surface area contributed by atoms with Gasteiger partial charge in [0.25, 0.3) is 0 Å². The van der Waals surface area contributed by atoms with Gasteiger partial charge < -0.3 is 9.64 Å². The zero-order valence-electron chi connectivity index (χ0n) is 20.1. The Hall–Kier alpha value is -0.220. The van der Waals surface area contributed by atoms with Crippen LogP contribution in [0.1, 0.15) is 85.5 Å². The number of likely N-dealkylation sites (tertiary alicyclic amines) is 1. The summed E-state index contributed by atoms with van der Waals surface area (Å²) in [4.78, 5) is 14.5. The van der Waals surface area contributed by atoms with Crippen LogP contribution in [0.15, 0.2) is 0 Å². The molecule has 4 heteroatoms. The number of rotatable bonds is 7. The van der Waals surface area contributed by atoms with Gasteiger partial charge in [-0.3, -0.25) is 4.79 Å². The molecule has 4 rings (SSSR count). The van der Waals surface area contributed by atoms with E-state index < -0.39 is 0 Å². The Labute approximate surface area is 189 Å². The predicted molar refractivity (Wildman–Crippen MR) is 127 cm³/mol. The van der Waals surface area contributed by atoms with E-state index in [0.717, 1.165) is 55.0 Å². The van der Waals surface area contributed by atoms with Crippen molar-refractivity contribution >= 4 is 17.7 Å². The molecule has 0 aromatic carbocycles. The van der Waals surface area contributed by atoms with Crippen molar-refractivity contribution in [3.05, 3.63) is 0 Å². The molecule has 3 saturated carbocycles. The molecule has 1 heterocycles. The lowest BCUT2D eigenvalue weighted by atomic mass is 9.47. The molecule has 1 saturated heterocycles. The van der Waals surface area contributed by atoms with Crippen molar-refractivity contribution in [3.8, 4) is 0 Å². The topological polar surface area (TPSA) is 29.5 Å². The Kier molecular flexibility index (Phi) is 6.86. The van der Waals surface area contributed by atoms with Gasteiger partial charge >= 0.3 is 0 Å². The summed E-state index contributed by atoms with van der Waals surface area (Å²) in [6.45, 7) is 11.6. The molecule has 1 aliphatic heterocycles. The molecule has 0 N–H and O–H groups in total. The number of ether oxygens (including phenoxy) is 1. The Bertz CT molecular complexity index is 624. The highest BCUT2D eigenvalue weighted by atomic mass is 32.2. The molecule has 3 nitrogen and oxygen atoms in total. The molecule has 7 atom stereocenters. The van der Waals surface area contributed by atoms with Crippen LogP contribution < -0.4 is 0 Å². The molecule has 0 radical (unpaired) electrons. The van der Waals surface area contributed by atoms with Gasteiger partial charge in [-0.05, 0) is 96.9 Å². The fourth-order valence-electron chi connectivity index (χ4n) is 8.24. The van der Waals surface area contributed by atoms with Crippen molar-refractivity contribution < 1.29 is 9.53 Å². The Morgan fingerprint density at radius 3 is 2.60 bits per heavy atom. The number of thioether (sulfide) groups is 1. The Morgan fingerprint density at radius 1 is 1.07 bits per heavy atom. The van der Waals surface area contributed by atoms with E-state index in [2.05, 4.69) is 39.6 Å². The SMILES string of the molecule is CC(C)SCCCOCC1CC[C@H]2[C@@H]3CCC4N(C)C(=O)CC[C@]4(C)[C@@H]3CC[C@]12C. The van der Waals surface area contributed by atoms with E-state index in [1.54, 1.807) is 0 Å². The average molecular weight is 436 g/mol. The van der Waals surface area contributed by atoms with Gasteiger partial charge in [0, 0.05) is 32.7 Å². The molecule has 2 unspecified atom stereocenters. The molecule has 0 spiro atoms. The maximum atomic E-state index is 12.3. The fourth-order valence-corrected chi connectivity index (χ4v) is 8.99. The Balaban J connectivity index is 1.36. The number of hydrogen-bond acceptors (Lipinski definition) is 3. The van der Waals surface area contributed by atoms with Crippen LogP contribution in [-0.2, 0) is 9.53 Å². The minimum atomic E-state index is 0.343. The van der Waals surface area contributed by atoms with Gasteiger partial charge in [0.2, 0.25) is 5.91 Å².